The maximum atomic E-state index is 5.93. The Kier molecular flexibility index (Phi) is 3.43. The van der Waals surface area contributed by atoms with Gasteiger partial charge < -0.3 is 5.73 Å². The molecule has 1 fully saturated rings. The van der Waals surface area contributed by atoms with Gasteiger partial charge >= 0.3 is 0 Å². The predicted molar refractivity (Wildman–Crippen MR) is 82.4 cm³/mol. The second kappa shape index (κ2) is 5.23. The van der Waals surface area contributed by atoms with Crippen molar-refractivity contribution in [3.05, 3.63) is 41.7 Å². The van der Waals surface area contributed by atoms with Crippen LogP contribution in [-0.4, -0.2) is 9.97 Å². The van der Waals surface area contributed by atoms with Crippen LogP contribution in [0.15, 0.2) is 30.3 Å². The van der Waals surface area contributed by atoms with E-state index >= 15 is 0 Å². The number of anilines is 1. The van der Waals surface area contributed by atoms with E-state index in [0.717, 1.165) is 23.5 Å². The van der Waals surface area contributed by atoms with Gasteiger partial charge in [0, 0.05) is 17.5 Å². The van der Waals surface area contributed by atoms with E-state index in [2.05, 4.69) is 43.1 Å². The number of hydrogen-bond donors (Lipinski definition) is 1. The van der Waals surface area contributed by atoms with Crippen LogP contribution in [0.3, 0.4) is 0 Å². The lowest BCUT2D eigenvalue weighted by molar-refractivity contribution is 0.647. The fraction of sp³-hybridized carbons (Fsp3) is 0.412. The summed E-state index contributed by atoms with van der Waals surface area (Å²) in [6.45, 7) is 4.47. The van der Waals surface area contributed by atoms with E-state index in [1.54, 1.807) is 0 Å². The molecule has 2 aromatic rings. The van der Waals surface area contributed by atoms with E-state index in [9.17, 15) is 0 Å². The van der Waals surface area contributed by atoms with Crippen LogP contribution in [0.1, 0.15) is 44.0 Å². The molecule has 2 N–H and O–H groups in total. The molecule has 1 aromatic carbocycles. The zero-order chi connectivity index (χ0) is 14.1. The minimum absolute atomic E-state index is 0.524. The molecule has 0 aliphatic heterocycles. The third kappa shape index (κ3) is 2.98. The van der Waals surface area contributed by atoms with E-state index in [-0.39, 0.29) is 0 Å². The van der Waals surface area contributed by atoms with Crippen LogP contribution in [0, 0.1) is 5.92 Å². The summed E-state index contributed by atoms with van der Waals surface area (Å²) in [7, 11) is 0. The average Bonchev–Trinajstić information content (AvgIpc) is 3.22. The minimum Gasteiger partial charge on any atom is -0.384 e. The first-order valence-electron chi connectivity index (χ1n) is 7.35. The number of nitrogens with zero attached hydrogens (tertiary/aromatic N) is 2. The number of hydrogen-bond acceptors (Lipinski definition) is 3. The zero-order valence-corrected chi connectivity index (χ0v) is 12.1. The van der Waals surface area contributed by atoms with Crippen LogP contribution in [0.4, 0.5) is 5.82 Å². The van der Waals surface area contributed by atoms with Gasteiger partial charge in [-0.05, 0) is 36.8 Å². The number of aromatic nitrogens is 2. The van der Waals surface area contributed by atoms with Crippen molar-refractivity contribution < 1.29 is 0 Å². The van der Waals surface area contributed by atoms with Crippen molar-refractivity contribution in [2.45, 2.75) is 39.0 Å². The van der Waals surface area contributed by atoms with Crippen LogP contribution < -0.4 is 5.73 Å². The molecule has 1 heterocycles. The molecule has 1 aromatic heterocycles. The fourth-order valence-corrected chi connectivity index (χ4v) is 2.49. The topological polar surface area (TPSA) is 51.8 Å². The SMILES string of the molecule is CC(C)Cc1cccc(-c2cc(N)nc(C3CC3)n2)c1. The Labute approximate surface area is 120 Å². The highest BCUT2D eigenvalue weighted by Gasteiger charge is 2.27. The molecular formula is C17H21N3. The Morgan fingerprint density at radius 2 is 2.00 bits per heavy atom. The lowest BCUT2D eigenvalue weighted by Gasteiger charge is -2.09. The Morgan fingerprint density at radius 1 is 1.20 bits per heavy atom. The molecule has 0 unspecified atom stereocenters. The smallest absolute Gasteiger partial charge is 0.134 e. The molecule has 0 saturated heterocycles. The summed E-state index contributed by atoms with van der Waals surface area (Å²) in [5.74, 6) is 2.67. The second-order valence-corrected chi connectivity index (χ2v) is 6.11. The number of nitrogens with two attached hydrogens (primary N) is 1. The molecule has 3 nitrogen and oxygen atoms in total. The van der Waals surface area contributed by atoms with E-state index in [0.29, 0.717) is 17.7 Å². The highest BCUT2D eigenvalue weighted by atomic mass is 15.0. The van der Waals surface area contributed by atoms with Gasteiger partial charge in [-0.1, -0.05) is 32.0 Å². The predicted octanol–water partition coefficient (Wildman–Crippen LogP) is 3.80. The van der Waals surface area contributed by atoms with Gasteiger partial charge in [0.25, 0.3) is 0 Å². The van der Waals surface area contributed by atoms with E-state index < -0.39 is 0 Å². The lowest BCUT2D eigenvalue weighted by atomic mass is 10.00. The third-order valence-corrected chi connectivity index (χ3v) is 3.57. The summed E-state index contributed by atoms with van der Waals surface area (Å²) >= 11 is 0. The van der Waals surface area contributed by atoms with E-state index in [1.807, 2.05) is 6.07 Å². The van der Waals surface area contributed by atoms with Crippen molar-refractivity contribution in [2.75, 3.05) is 5.73 Å². The summed E-state index contributed by atoms with van der Waals surface area (Å²) in [6.07, 6.45) is 3.47. The Balaban J connectivity index is 1.95. The first kappa shape index (κ1) is 13.1. The van der Waals surface area contributed by atoms with Crippen LogP contribution >= 0.6 is 0 Å². The monoisotopic (exact) mass is 267 g/mol. The highest BCUT2D eigenvalue weighted by molar-refractivity contribution is 5.62. The van der Waals surface area contributed by atoms with Crippen molar-refractivity contribution in [3.8, 4) is 11.3 Å². The maximum absolute atomic E-state index is 5.93. The van der Waals surface area contributed by atoms with Crippen molar-refractivity contribution in [3.63, 3.8) is 0 Å². The van der Waals surface area contributed by atoms with Gasteiger partial charge in [-0.15, -0.1) is 0 Å². The molecule has 1 aliphatic carbocycles. The van der Waals surface area contributed by atoms with Gasteiger partial charge in [0.2, 0.25) is 0 Å². The van der Waals surface area contributed by atoms with Gasteiger partial charge in [-0.3, -0.25) is 0 Å². The Bertz CT molecular complexity index is 615. The average molecular weight is 267 g/mol. The third-order valence-electron chi connectivity index (χ3n) is 3.57. The molecule has 104 valence electrons. The van der Waals surface area contributed by atoms with Crippen LogP contribution in [0.5, 0.6) is 0 Å². The summed E-state index contributed by atoms with van der Waals surface area (Å²) in [5.41, 5.74) is 9.37. The summed E-state index contributed by atoms with van der Waals surface area (Å²) in [5, 5.41) is 0. The van der Waals surface area contributed by atoms with Gasteiger partial charge in [-0.25, -0.2) is 9.97 Å². The van der Waals surface area contributed by atoms with Crippen molar-refractivity contribution in [1.82, 2.24) is 9.97 Å². The minimum atomic E-state index is 0.524. The largest absolute Gasteiger partial charge is 0.384 e. The molecular weight excluding hydrogens is 246 g/mol. The van der Waals surface area contributed by atoms with Crippen LogP contribution in [-0.2, 0) is 6.42 Å². The van der Waals surface area contributed by atoms with Crippen LogP contribution in [0.2, 0.25) is 0 Å². The molecule has 1 aliphatic rings. The molecule has 1 saturated carbocycles. The normalized spacial score (nSPS) is 14.8. The number of benzene rings is 1. The van der Waals surface area contributed by atoms with Crippen molar-refractivity contribution in [2.24, 2.45) is 5.92 Å². The van der Waals surface area contributed by atoms with Gasteiger partial charge in [0.15, 0.2) is 0 Å². The first-order chi connectivity index (χ1) is 9.61. The second-order valence-electron chi connectivity index (χ2n) is 6.11. The molecule has 3 heteroatoms. The summed E-state index contributed by atoms with van der Waals surface area (Å²) < 4.78 is 0. The Morgan fingerprint density at radius 3 is 2.70 bits per heavy atom. The molecule has 20 heavy (non-hydrogen) atoms. The van der Waals surface area contributed by atoms with Crippen molar-refractivity contribution >= 4 is 5.82 Å². The fourth-order valence-electron chi connectivity index (χ4n) is 2.49. The molecule has 3 rings (SSSR count). The van der Waals surface area contributed by atoms with E-state index in [1.165, 1.54) is 18.4 Å². The quantitative estimate of drug-likeness (QED) is 0.916. The zero-order valence-electron chi connectivity index (χ0n) is 12.1. The van der Waals surface area contributed by atoms with Gasteiger partial charge in [-0.2, -0.15) is 0 Å². The van der Waals surface area contributed by atoms with Crippen molar-refractivity contribution in [1.29, 1.82) is 0 Å². The molecule has 0 radical (unpaired) electrons. The molecule has 0 atom stereocenters. The molecule has 0 spiro atoms. The molecule has 0 bridgehead atoms. The first-order valence-corrected chi connectivity index (χ1v) is 7.35. The highest BCUT2D eigenvalue weighted by Crippen LogP contribution is 2.39. The van der Waals surface area contributed by atoms with Gasteiger partial charge in [0.05, 0.1) is 5.69 Å². The van der Waals surface area contributed by atoms with Gasteiger partial charge in [0.1, 0.15) is 11.6 Å². The van der Waals surface area contributed by atoms with E-state index in [4.69, 9.17) is 10.7 Å². The molecule has 0 amide bonds. The van der Waals surface area contributed by atoms with Crippen LogP contribution in [0.25, 0.3) is 11.3 Å². The summed E-state index contributed by atoms with van der Waals surface area (Å²) in [6, 6.07) is 10.5. The number of nitrogen functional groups attached to an aromatic ring is 1. The lowest BCUT2D eigenvalue weighted by Crippen LogP contribution is -2.00. The number of rotatable bonds is 4. The maximum Gasteiger partial charge on any atom is 0.134 e. The standard InChI is InChI=1S/C17H21N3/c1-11(2)8-12-4-3-5-14(9-12)15-10-16(18)20-17(19-15)13-6-7-13/h3-5,9-11,13H,6-8H2,1-2H3,(H2,18,19,20). The Hall–Kier alpha value is -1.90. The summed E-state index contributed by atoms with van der Waals surface area (Å²) in [4.78, 5) is 9.05.